The SMILES string of the molecule is CC1CN(c2cc(-c3n[nH]c4ccc(NC(=O)OC(C)(C)C)cc34)ccn2)CC(C)N1CC1CCNCC1. The number of hydrogen-bond acceptors (Lipinski definition) is 7. The molecular weight excluding hydrogens is 478 g/mol. The van der Waals surface area contributed by atoms with Gasteiger partial charge in [0.05, 0.1) is 5.52 Å². The van der Waals surface area contributed by atoms with Gasteiger partial charge in [-0.15, -0.1) is 0 Å². The van der Waals surface area contributed by atoms with Crippen molar-refractivity contribution in [2.45, 2.75) is 65.1 Å². The Balaban J connectivity index is 1.32. The fourth-order valence-corrected chi connectivity index (χ4v) is 5.74. The molecule has 0 saturated carbocycles. The Morgan fingerprint density at radius 2 is 1.84 bits per heavy atom. The van der Waals surface area contributed by atoms with Gasteiger partial charge >= 0.3 is 6.09 Å². The lowest BCUT2D eigenvalue weighted by atomic mass is 9.95. The van der Waals surface area contributed by atoms with Crippen molar-refractivity contribution < 1.29 is 9.53 Å². The van der Waals surface area contributed by atoms with E-state index >= 15 is 0 Å². The van der Waals surface area contributed by atoms with Crippen LogP contribution in [-0.2, 0) is 4.74 Å². The second kappa shape index (κ2) is 10.9. The summed E-state index contributed by atoms with van der Waals surface area (Å²) in [4.78, 5) is 22.1. The number of H-pyrrole nitrogens is 1. The minimum Gasteiger partial charge on any atom is -0.444 e. The first kappa shape index (κ1) is 26.4. The minimum absolute atomic E-state index is 0.465. The zero-order chi connectivity index (χ0) is 26.9. The summed E-state index contributed by atoms with van der Waals surface area (Å²) in [6.07, 6.45) is 3.94. The van der Waals surface area contributed by atoms with Crippen LogP contribution in [0.25, 0.3) is 22.2 Å². The van der Waals surface area contributed by atoms with Gasteiger partial charge in [0.1, 0.15) is 17.1 Å². The number of pyridine rings is 1. The molecule has 2 saturated heterocycles. The molecule has 9 nitrogen and oxygen atoms in total. The van der Waals surface area contributed by atoms with Gasteiger partial charge in [-0.05, 0) is 96.8 Å². The highest BCUT2D eigenvalue weighted by Gasteiger charge is 2.32. The Kier molecular flexibility index (Phi) is 7.59. The van der Waals surface area contributed by atoms with Crippen LogP contribution in [0.2, 0.25) is 0 Å². The number of benzene rings is 1. The molecular formula is C29H41N7O2. The van der Waals surface area contributed by atoms with Gasteiger partial charge in [0, 0.05) is 54.6 Å². The van der Waals surface area contributed by atoms with Crippen molar-refractivity contribution >= 4 is 28.5 Å². The zero-order valence-electron chi connectivity index (χ0n) is 23.3. The van der Waals surface area contributed by atoms with Crippen LogP contribution in [0.4, 0.5) is 16.3 Å². The van der Waals surface area contributed by atoms with E-state index in [1.165, 1.54) is 19.4 Å². The number of piperazine rings is 1. The summed E-state index contributed by atoms with van der Waals surface area (Å²) in [6, 6.07) is 10.8. The number of carbonyl (C=O) groups excluding carboxylic acids is 1. The lowest BCUT2D eigenvalue weighted by molar-refractivity contribution is 0.0636. The zero-order valence-corrected chi connectivity index (χ0v) is 23.3. The molecule has 3 aromatic rings. The second-order valence-electron chi connectivity index (χ2n) is 11.9. The normalized spacial score (nSPS) is 21.6. The molecule has 0 bridgehead atoms. The Bertz CT molecular complexity index is 1250. The van der Waals surface area contributed by atoms with E-state index in [2.05, 4.69) is 50.5 Å². The molecule has 1 amide bonds. The van der Waals surface area contributed by atoms with E-state index in [4.69, 9.17) is 9.72 Å². The molecule has 9 heteroatoms. The lowest BCUT2D eigenvalue weighted by Crippen LogP contribution is -2.58. The molecule has 0 radical (unpaired) electrons. The molecule has 2 atom stereocenters. The standard InChI is InChI=1S/C29H41N7O2/c1-19-16-35(17-20(2)36(19)18-21-8-11-30-12-9-21)26-14-22(10-13-31-26)27-24-15-23(6-7-25(24)33-34-27)32-28(37)38-29(3,4)5/h6-7,10,13-15,19-21,30H,8-9,11-12,16-18H2,1-5H3,(H,32,37)(H,33,34). The number of hydrogen-bond donors (Lipinski definition) is 3. The van der Waals surface area contributed by atoms with Gasteiger partial charge in [0.25, 0.3) is 0 Å². The maximum absolute atomic E-state index is 12.3. The molecule has 3 N–H and O–H groups in total. The monoisotopic (exact) mass is 519 g/mol. The average molecular weight is 520 g/mol. The molecule has 204 valence electrons. The van der Waals surface area contributed by atoms with E-state index in [0.717, 1.165) is 60.1 Å². The quantitative estimate of drug-likeness (QED) is 0.442. The Hall–Kier alpha value is -3.17. The maximum Gasteiger partial charge on any atom is 0.412 e. The number of aromatic amines is 1. The summed E-state index contributed by atoms with van der Waals surface area (Å²) >= 11 is 0. The van der Waals surface area contributed by atoms with Crippen LogP contribution in [0.5, 0.6) is 0 Å². The predicted molar refractivity (Wildman–Crippen MR) is 153 cm³/mol. The van der Waals surface area contributed by atoms with Gasteiger partial charge in [0.15, 0.2) is 0 Å². The first-order valence-electron chi connectivity index (χ1n) is 13.8. The molecule has 4 heterocycles. The number of nitrogens with one attached hydrogen (secondary N) is 3. The molecule has 2 aliphatic heterocycles. The van der Waals surface area contributed by atoms with Crippen molar-refractivity contribution in [2.24, 2.45) is 5.92 Å². The minimum atomic E-state index is -0.559. The Labute approximate surface area is 225 Å². The molecule has 2 aliphatic rings. The number of nitrogens with zero attached hydrogens (tertiary/aromatic N) is 4. The molecule has 38 heavy (non-hydrogen) atoms. The number of anilines is 2. The van der Waals surface area contributed by atoms with Crippen LogP contribution < -0.4 is 15.5 Å². The molecule has 5 rings (SSSR count). The first-order chi connectivity index (χ1) is 18.2. The van der Waals surface area contributed by atoms with Crippen molar-refractivity contribution in [2.75, 3.05) is 42.9 Å². The molecule has 2 aromatic heterocycles. The van der Waals surface area contributed by atoms with Crippen molar-refractivity contribution in [3.8, 4) is 11.3 Å². The predicted octanol–water partition coefficient (Wildman–Crippen LogP) is 4.87. The van der Waals surface area contributed by atoms with E-state index in [1.54, 1.807) is 0 Å². The summed E-state index contributed by atoms with van der Waals surface area (Å²) in [5.41, 5.74) is 2.84. The van der Waals surface area contributed by atoms with Crippen LogP contribution in [0.15, 0.2) is 36.5 Å². The van der Waals surface area contributed by atoms with E-state index in [1.807, 2.05) is 51.2 Å². The van der Waals surface area contributed by atoms with Gasteiger partial charge in [-0.25, -0.2) is 9.78 Å². The summed E-state index contributed by atoms with van der Waals surface area (Å²) in [5.74, 6) is 1.76. The second-order valence-corrected chi connectivity index (χ2v) is 11.9. The summed E-state index contributed by atoms with van der Waals surface area (Å²) in [5, 5.41) is 15.0. The number of amides is 1. The number of carbonyl (C=O) groups is 1. The van der Waals surface area contributed by atoms with E-state index in [-0.39, 0.29) is 0 Å². The molecule has 0 aliphatic carbocycles. The number of fused-ring (bicyclic) bond motifs is 1. The highest BCUT2D eigenvalue weighted by Crippen LogP contribution is 2.31. The third-order valence-corrected chi connectivity index (χ3v) is 7.58. The number of ether oxygens (including phenoxy) is 1. The smallest absolute Gasteiger partial charge is 0.412 e. The summed E-state index contributed by atoms with van der Waals surface area (Å²) in [6.45, 7) is 15.6. The highest BCUT2D eigenvalue weighted by atomic mass is 16.6. The largest absolute Gasteiger partial charge is 0.444 e. The molecule has 0 spiro atoms. The van der Waals surface area contributed by atoms with Gasteiger partial charge in [0.2, 0.25) is 0 Å². The molecule has 1 aromatic carbocycles. The van der Waals surface area contributed by atoms with Crippen LogP contribution in [0.1, 0.15) is 47.5 Å². The van der Waals surface area contributed by atoms with Crippen molar-refractivity contribution in [1.29, 1.82) is 0 Å². The van der Waals surface area contributed by atoms with Crippen molar-refractivity contribution in [3.63, 3.8) is 0 Å². The van der Waals surface area contributed by atoms with Gasteiger partial charge in [-0.1, -0.05) is 0 Å². The number of aromatic nitrogens is 3. The lowest BCUT2D eigenvalue weighted by Gasteiger charge is -2.46. The van der Waals surface area contributed by atoms with Gasteiger partial charge in [-0.3, -0.25) is 15.3 Å². The molecule has 2 fully saturated rings. The number of rotatable bonds is 5. The Morgan fingerprint density at radius 3 is 2.55 bits per heavy atom. The van der Waals surface area contributed by atoms with Crippen LogP contribution >= 0.6 is 0 Å². The van der Waals surface area contributed by atoms with E-state index < -0.39 is 11.7 Å². The maximum atomic E-state index is 12.3. The molecule has 2 unspecified atom stereocenters. The number of piperidine rings is 1. The van der Waals surface area contributed by atoms with Crippen molar-refractivity contribution in [1.82, 2.24) is 25.4 Å². The topological polar surface area (TPSA) is 98.4 Å². The third-order valence-electron chi connectivity index (χ3n) is 7.58. The highest BCUT2D eigenvalue weighted by molar-refractivity contribution is 5.97. The van der Waals surface area contributed by atoms with E-state index in [0.29, 0.717) is 17.8 Å². The first-order valence-corrected chi connectivity index (χ1v) is 13.8. The summed E-state index contributed by atoms with van der Waals surface area (Å²) < 4.78 is 5.41. The fourth-order valence-electron chi connectivity index (χ4n) is 5.74. The van der Waals surface area contributed by atoms with Gasteiger partial charge < -0.3 is 15.0 Å². The third kappa shape index (κ3) is 6.10. The van der Waals surface area contributed by atoms with Crippen LogP contribution in [-0.4, -0.2) is 76.6 Å². The van der Waals surface area contributed by atoms with Gasteiger partial charge in [-0.2, -0.15) is 5.10 Å². The summed E-state index contributed by atoms with van der Waals surface area (Å²) in [7, 11) is 0. The fraction of sp³-hybridized carbons (Fsp3) is 0.552. The van der Waals surface area contributed by atoms with E-state index in [9.17, 15) is 4.79 Å². The van der Waals surface area contributed by atoms with Crippen LogP contribution in [0, 0.1) is 5.92 Å². The van der Waals surface area contributed by atoms with Crippen LogP contribution in [0.3, 0.4) is 0 Å². The average Bonchev–Trinajstić information content (AvgIpc) is 3.29. The Morgan fingerprint density at radius 1 is 1.11 bits per heavy atom. The van der Waals surface area contributed by atoms with Crippen molar-refractivity contribution in [3.05, 3.63) is 36.5 Å².